The van der Waals surface area contributed by atoms with Gasteiger partial charge in [-0.25, -0.2) is 0 Å². The molecule has 0 radical (unpaired) electrons. The van der Waals surface area contributed by atoms with Crippen molar-refractivity contribution < 1.29 is 9.90 Å². The molecule has 1 amide bonds. The molecule has 1 aliphatic carbocycles. The fourth-order valence-electron chi connectivity index (χ4n) is 3.35. The first-order valence-electron chi connectivity index (χ1n) is 7.65. The third-order valence-electron chi connectivity index (χ3n) is 4.79. The first-order chi connectivity index (χ1) is 9.37. The number of β-amino-alcohol motifs (C(OH)–C–C–N with tert-alkyl or cyclic N) is 1. The van der Waals surface area contributed by atoms with Crippen molar-refractivity contribution >= 4 is 5.91 Å². The van der Waals surface area contributed by atoms with Gasteiger partial charge in [0, 0.05) is 32.7 Å². The van der Waals surface area contributed by atoms with Crippen molar-refractivity contribution in [2.75, 3.05) is 39.3 Å². The number of nitrogens with zero attached hydrogens (tertiary/aromatic N) is 2. The minimum Gasteiger partial charge on any atom is -0.395 e. The third kappa shape index (κ3) is 3.07. The molecular weight excluding hydrogens is 252 g/mol. The van der Waals surface area contributed by atoms with Gasteiger partial charge in [0.15, 0.2) is 0 Å². The molecule has 1 saturated heterocycles. The van der Waals surface area contributed by atoms with Gasteiger partial charge in [-0.15, -0.1) is 0 Å². The Labute approximate surface area is 122 Å². The minimum absolute atomic E-state index is 0.108. The van der Waals surface area contributed by atoms with Crippen LogP contribution in [-0.4, -0.2) is 60.1 Å². The Balaban J connectivity index is 1.92. The van der Waals surface area contributed by atoms with Crippen molar-refractivity contribution in [3.05, 3.63) is 11.6 Å². The minimum atomic E-state index is 0.108. The first kappa shape index (κ1) is 15.5. The second-order valence-electron chi connectivity index (χ2n) is 6.96. The van der Waals surface area contributed by atoms with Crippen molar-refractivity contribution in [2.45, 2.75) is 27.7 Å². The van der Waals surface area contributed by atoms with Gasteiger partial charge in [-0.3, -0.25) is 9.69 Å². The van der Waals surface area contributed by atoms with Crippen LogP contribution in [0, 0.1) is 17.3 Å². The first-order valence-corrected chi connectivity index (χ1v) is 7.65. The van der Waals surface area contributed by atoms with Crippen LogP contribution in [0.15, 0.2) is 11.6 Å². The maximum atomic E-state index is 12.7. The van der Waals surface area contributed by atoms with E-state index in [1.165, 1.54) is 5.57 Å². The zero-order valence-corrected chi connectivity index (χ0v) is 13.2. The summed E-state index contributed by atoms with van der Waals surface area (Å²) in [4.78, 5) is 16.9. The molecule has 0 aromatic heterocycles. The van der Waals surface area contributed by atoms with E-state index in [1.54, 1.807) is 0 Å². The molecule has 1 saturated carbocycles. The average molecular weight is 280 g/mol. The fraction of sp³-hybridized carbons (Fsp3) is 0.812. The summed E-state index contributed by atoms with van der Waals surface area (Å²) in [7, 11) is 0. The lowest BCUT2D eigenvalue weighted by molar-refractivity contribution is -0.135. The predicted octanol–water partition coefficient (Wildman–Crippen LogP) is 1.36. The lowest BCUT2D eigenvalue weighted by Crippen LogP contribution is -2.50. The Morgan fingerprint density at radius 1 is 1.25 bits per heavy atom. The van der Waals surface area contributed by atoms with Gasteiger partial charge in [-0.05, 0) is 25.2 Å². The number of carbonyl (C=O) groups excluding carboxylic acids is 1. The van der Waals surface area contributed by atoms with Crippen molar-refractivity contribution in [3.8, 4) is 0 Å². The second kappa shape index (κ2) is 5.86. The summed E-state index contributed by atoms with van der Waals surface area (Å²) in [5.74, 6) is 0.874. The Morgan fingerprint density at radius 2 is 1.85 bits per heavy atom. The van der Waals surface area contributed by atoms with Gasteiger partial charge in [0.1, 0.15) is 0 Å². The quantitative estimate of drug-likeness (QED) is 0.791. The van der Waals surface area contributed by atoms with E-state index >= 15 is 0 Å². The lowest BCUT2D eigenvalue weighted by atomic mass is 10.1. The van der Waals surface area contributed by atoms with E-state index in [1.807, 2.05) is 4.90 Å². The van der Waals surface area contributed by atoms with Crippen LogP contribution in [0.4, 0.5) is 0 Å². The van der Waals surface area contributed by atoms with Crippen LogP contribution in [0.1, 0.15) is 27.7 Å². The van der Waals surface area contributed by atoms with Gasteiger partial charge in [0.2, 0.25) is 5.91 Å². The summed E-state index contributed by atoms with van der Waals surface area (Å²) in [6.45, 7) is 12.9. The highest BCUT2D eigenvalue weighted by atomic mass is 16.3. The molecule has 114 valence electrons. The molecule has 2 fully saturated rings. The van der Waals surface area contributed by atoms with E-state index in [-0.39, 0.29) is 17.9 Å². The van der Waals surface area contributed by atoms with Crippen molar-refractivity contribution in [2.24, 2.45) is 17.3 Å². The monoisotopic (exact) mass is 280 g/mol. The Bertz CT molecular complexity index is 391. The largest absolute Gasteiger partial charge is 0.395 e. The molecule has 4 heteroatoms. The number of aliphatic hydroxyl groups is 1. The van der Waals surface area contributed by atoms with Crippen LogP contribution in [0.5, 0.6) is 0 Å². The SMILES string of the molecule is CC(C)=C[C@H]1[C@@H](C(=O)N2CCN(CCO)CC2)C1(C)C. The van der Waals surface area contributed by atoms with Crippen LogP contribution in [-0.2, 0) is 4.79 Å². The van der Waals surface area contributed by atoms with Crippen LogP contribution < -0.4 is 0 Å². The maximum Gasteiger partial charge on any atom is 0.226 e. The van der Waals surface area contributed by atoms with Gasteiger partial charge < -0.3 is 10.0 Å². The smallest absolute Gasteiger partial charge is 0.226 e. The Morgan fingerprint density at radius 3 is 2.35 bits per heavy atom. The van der Waals surface area contributed by atoms with Crippen LogP contribution in [0.25, 0.3) is 0 Å². The molecular formula is C16H28N2O2. The summed E-state index contributed by atoms with van der Waals surface area (Å²) < 4.78 is 0. The lowest BCUT2D eigenvalue weighted by Gasteiger charge is -2.34. The molecule has 0 aromatic carbocycles. The highest BCUT2D eigenvalue weighted by Crippen LogP contribution is 2.60. The molecule has 1 aliphatic heterocycles. The standard InChI is InChI=1S/C16H28N2O2/c1-12(2)11-13-14(16(13,3)4)15(20)18-7-5-17(6-8-18)9-10-19/h11,13-14,19H,5-10H2,1-4H3/t13-,14-/m0/s1. The number of allylic oxidation sites excluding steroid dienone is 2. The Kier molecular flexibility index (Phi) is 4.55. The van der Waals surface area contributed by atoms with Crippen LogP contribution in [0.3, 0.4) is 0 Å². The van der Waals surface area contributed by atoms with Gasteiger partial charge in [0.05, 0.1) is 12.5 Å². The summed E-state index contributed by atoms with van der Waals surface area (Å²) in [5, 5.41) is 8.95. The van der Waals surface area contributed by atoms with Gasteiger partial charge in [0.25, 0.3) is 0 Å². The van der Waals surface area contributed by atoms with Crippen LogP contribution in [0.2, 0.25) is 0 Å². The second-order valence-corrected chi connectivity index (χ2v) is 6.96. The van der Waals surface area contributed by atoms with Crippen LogP contribution >= 0.6 is 0 Å². The molecule has 0 aromatic rings. The number of piperazine rings is 1. The topological polar surface area (TPSA) is 43.8 Å². The number of carbonyl (C=O) groups is 1. The molecule has 1 heterocycles. The average Bonchev–Trinajstić information content (AvgIpc) is 2.90. The molecule has 0 bridgehead atoms. The van der Waals surface area contributed by atoms with E-state index < -0.39 is 0 Å². The molecule has 0 unspecified atom stereocenters. The third-order valence-corrected chi connectivity index (χ3v) is 4.79. The van der Waals surface area contributed by atoms with E-state index in [0.29, 0.717) is 11.8 Å². The molecule has 4 nitrogen and oxygen atoms in total. The van der Waals surface area contributed by atoms with Crippen molar-refractivity contribution in [1.82, 2.24) is 9.80 Å². The summed E-state index contributed by atoms with van der Waals surface area (Å²) in [5.41, 5.74) is 1.41. The van der Waals surface area contributed by atoms with E-state index in [0.717, 1.165) is 32.7 Å². The zero-order valence-electron chi connectivity index (χ0n) is 13.2. The maximum absolute atomic E-state index is 12.7. The molecule has 1 N–H and O–H groups in total. The van der Waals surface area contributed by atoms with Gasteiger partial charge in [-0.1, -0.05) is 25.5 Å². The van der Waals surface area contributed by atoms with Gasteiger partial charge >= 0.3 is 0 Å². The fourth-order valence-corrected chi connectivity index (χ4v) is 3.35. The molecule has 20 heavy (non-hydrogen) atoms. The molecule has 0 spiro atoms. The number of amides is 1. The highest BCUT2D eigenvalue weighted by Gasteiger charge is 2.61. The van der Waals surface area contributed by atoms with E-state index in [9.17, 15) is 4.79 Å². The van der Waals surface area contributed by atoms with E-state index in [4.69, 9.17) is 5.11 Å². The summed E-state index contributed by atoms with van der Waals surface area (Å²) >= 11 is 0. The Hall–Kier alpha value is -0.870. The number of rotatable bonds is 4. The number of aliphatic hydroxyl groups excluding tert-OH is 1. The molecule has 2 atom stereocenters. The normalized spacial score (nSPS) is 29.1. The highest BCUT2D eigenvalue weighted by molar-refractivity contribution is 5.84. The van der Waals surface area contributed by atoms with E-state index in [2.05, 4.69) is 38.7 Å². The van der Waals surface area contributed by atoms with Crippen molar-refractivity contribution in [1.29, 1.82) is 0 Å². The summed E-state index contributed by atoms with van der Waals surface area (Å²) in [6.07, 6.45) is 2.25. The summed E-state index contributed by atoms with van der Waals surface area (Å²) in [6, 6.07) is 0. The van der Waals surface area contributed by atoms with Crippen molar-refractivity contribution in [3.63, 3.8) is 0 Å². The predicted molar refractivity (Wildman–Crippen MR) is 80.3 cm³/mol. The number of hydrogen-bond donors (Lipinski definition) is 1. The zero-order chi connectivity index (χ0) is 14.9. The molecule has 2 rings (SSSR count). The number of hydrogen-bond acceptors (Lipinski definition) is 3. The van der Waals surface area contributed by atoms with Gasteiger partial charge in [-0.2, -0.15) is 0 Å². The molecule has 2 aliphatic rings.